The van der Waals surface area contributed by atoms with Gasteiger partial charge < -0.3 is 91.2 Å². The summed E-state index contributed by atoms with van der Waals surface area (Å²) in [5.41, 5.74) is 0.420. The Labute approximate surface area is 693 Å². The highest BCUT2D eigenvalue weighted by molar-refractivity contribution is 8.44. The summed E-state index contributed by atoms with van der Waals surface area (Å²) in [5.74, 6) is 1.33. The lowest BCUT2D eigenvalue weighted by Gasteiger charge is -2.27. The van der Waals surface area contributed by atoms with Crippen LogP contribution in [-0.4, -0.2) is 249 Å². The number of fused-ring (bicyclic) bond motifs is 5. The van der Waals surface area contributed by atoms with Crippen LogP contribution in [0.5, 0.6) is 5.88 Å². The number of ether oxygens (including phenoxy) is 11. The molecule has 4 fully saturated rings. The van der Waals surface area contributed by atoms with Crippen molar-refractivity contribution < 1.29 is 118 Å². The number of thiol groups is 1. The van der Waals surface area contributed by atoms with Gasteiger partial charge in [0.25, 0.3) is 11.5 Å². The maximum absolute atomic E-state index is 14.1. The van der Waals surface area contributed by atoms with Crippen molar-refractivity contribution in [3.8, 4) is 17.7 Å². The number of anilines is 1. The minimum Gasteiger partial charge on any atom is -0.474 e. The fourth-order valence-electron chi connectivity index (χ4n) is 14.2. The van der Waals surface area contributed by atoms with Gasteiger partial charge >= 0.3 is 25.6 Å². The lowest BCUT2D eigenvalue weighted by atomic mass is 9.86. The number of aromatic amines is 1. The van der Waals surface area contributed by atoms with Gasteiger partial charge in [0.15, 0.2) is 23.2 Å². The molecule has 5 heterocycles. The van der Waals surface area contributed by atoms with Crippen LogP contribution in [0.2, 0.25) is 0 Å². The number of Topliss-reactive ketones (excluding diaryl/α,β-unsaturated/α-hetero) is 2. The number of aliphatic hydroxyl groups is 1. The van der Waals surface area contributed by atoms with Crippen molar-refractivity contribution >= 4 is 96.0 Å². The van der Waals surface area contributed by atoms with Gasteiger partial charge in [0.05, 0.1) is 137 Å². The number of nitrogens with one attached hydrogen (secondary N) is 4. The number of amides is 4. The number of ketones is 2. The van der Waals surface area contributed by atoms with E-state index >= 15 is 0 Å². The smallest absolute Gasteiger partial charge is 0.410 e. The van der Waals surface area contributed by atoms with Crippen molar-refractivity contribution in [3.05, 3.63) is 106 Å². The highest BCUT2D eigenvalue weighted by Gasteiger charge is 2.52. The summed E-state index contributed by atoms with van der Waals surface area (Å²) in [6.07, 6.45) is -1.08. The van der Waals surface area contributed by atoms with Gasteiger partial charge in [-0.05, 0) is 84.4 Å². The van der Waals surface area contributed by atoms with Crippen LogP contribution in [0.15, 0.2) is 78.2 Å². The van der Waals surface area contributed by atoms with Gasteiger partial charge in [0.1, 0.15) is 43.1 Å². The summed E-state index contributed by atoms with van der Waals surface area (Å²) in [6.45, 7) is 0.909. The largest absolute Gasteiger partial charge is 0.474 e. The number of aromatic nitrogens is 6. The van der Waals surface area contributed by atoms with Crippen molar-refractivity contribution in [3.63, 3.8) is 0 Å². The zero-order valence-corrected chi connectivity index (χ0v) is 70.1. The summed E-state index contributed by atoms with van der Waals surface area (Å²) in [5, 5.41) is 19.8. The molecule has 3 aromatic heterocycles. The predicted molar refractivity (Wildman–Crippen MR) is 429 cm³/mol. The van der Waals surface area contributed by atoms with E-state index in [9.17, 15) is 52.9 Å². The molecule has 5 aliphatic rings. The molecule has 3 aliphatic carbocycles. The number of nitrogens with zero attached hydrogens (tertiary/aromatic N) is 6. The topological polar surface area (TPSA) is 444 Å². The Balaban J connectivity index is 0.657. The lowest BCUT2D eigenvalue weighted by Crippen LogP contribution is -2.44. The molecule has 0 spiro atoms. The van der Waals surface area contributed by atoms with E-state index in [0.29, 0.717) is 100 Å². The summed E-state index contributed by atoms with van der Waals surface area (Å²) in [7, 11) is 3.08. The maximum Gasteiger partial charge on any atom is 0.410 e. The number of carbonyl (C=O) groups is 7. The molecule has 5 aromatic rings. The van der Waals surface area contributed by atoms with Crippen LogP contribution in [0, 0.1) is 53.3 Å². The molecule has 2 aliphatic heterocycles. The molecular formula is C78H106N10O26P2S2. The SMILES string of the molecule is COCCOCCOCCOCCOCCOCCOCCNC(=O)[C@H](CC(=O)C[C@H](C(=O)N[C@@H](C)C(=O)Cc1ccc(COC(=O)N(C)Cc2ccccc2C(=O)Nc2nc3c(ncn3[C@@H]3O[C@@H]4COP(O)(=S)O[C@H]5C[C@H](Oc6ccncn6)C[C@@H]5COP(=O)(S)O[C@@H]3[C@@H]4O)c(=O)[nH]2)cc1)C(C)C)CC(=O)OCC1[C@H]2CCC#CCC[C@@H]12. The van der Waals surface area contributed by atoms with Crippen LogP contribution < -0.4 is 26.2 Å². The second kappa shape index (κ2) is 46.4. The number of H-pyrrole nitrogens is 1. The molecule has 10 rings (SSSR count). The molecule has 4 amide bonds. The highest BCUT2D eigenvalue weighted by atomic mass is 32.7. The molecule has 2 aromatic carbocycles. The first-order valence-corrected chi connectivity index (χ1v) is 44.7. The fourth-order valence-corrected chi connectivity index (χ4v) is 17.2. The molecule has 0 radical (unpaired) electrons. The second-order valence-corrected chi connectivity index (χ2v) is 35.2. The normalized spacial score (nSPS) is 24.3. The molecule has 15 atom stereocenters. The third kappa shape index (κ3) is 28.8. The first-order chi connectivity index (χ1) is 56.8. The summed E-state index contributed by atoms with van der Waals surface area (Å²) in [6, 6.07) is 13.7. The maximum atomic E-state index is 14.1. The van der Waals surface area contributed by atoms with Crippen LogP contribution in [0.25, 0.3) is 11.2 Å². The molecule has 40 heteroatoms. The van der Waals surface area contributed by atoms with E-state index in [1.165, 1.54) is 35.1 Å². The first-order valence-electron chi connectivity index (χ1n) is 39.4. The quantitative estimate of drug-likeness (QED) is 0.00749. The third-order valence-corrected chi connectivity index (χ3v) is 23.8. The van der Waals surface area contributed by atoms with E-state index in [0.717, 1.165) is 32.0 Å². The number of aliphatic hydroxyl groups excluding tert-OH is 1. The van der Waals surface area contributed by atoms with Crippen molar-refractivity contribution in [2.75, 3.05) is 132 Å². The van der Waals surface area contributed by atoms with Crippen LogP contribution in [0.1, 0.15) is 112 Å². The van der Waals surface area contributed by atoms with Crippen LogP contribution in [0.3, 0.4) is 0 Å². The number of hydrogen-bond acceptors (Lipinski definition) is 30. The molecule has 2 bridgehead atoms. The molecule has 6 N–H and O–H groups in total. The molecule has 118 heavy (non-hydrogen) atoms. The number of methoxy groups -OCH3 is 1. The lowest BCUT2D eigenvalue weighted by molar-refractivity contribution is -0.148. The van der Waals surface area contributed by atoms with Crippen LogP contribution >= 0.6 is 25.8 Å². The molecular weight excluding hydrogens is 1620 g/mol. The third-order valence-electron chi connectivity index (χ3n) is 20.6. The Morgan fingerprint density at radius 3 is 2.08 bits per heavy atom. The number of imidazole rings is 1. The molecule has 646 valence electrons. The average molecular weight is 1730 g/mol. The minimum absolute atomic E-state index is 0.0754. The Bertz CT molecular complexity index is 4350. The average Bonchev–Trinajstić information content (AvgIpc) is 1.63. The Hall–Kier alpha value is -7.61. The number of carbonyl (C=O) groups excluding carboxylic acids is 7. The van der Waals surface area contributed by atoms with E-state index < -0.39 is 122 Å². The monoisotopic (exact) mass is 1720 g/mol. The van der Waals surface area contributed by atoms with E-state index in [1.54, 1.807) is 76.4 Å². The predicted octanol–water partition coefficient (Wildman–Crippen LogP) is 6.21. The standard InChI is InChI=1S/C78H106N10O26P2S2/c1-49(2)61(40-56(89)37-54(39-67(91)107-45-62-59-14-8-6-7-9-15-60(59)62)72(93)80-22-23-101-26-27-103-30-31-105-34-35-106-33-32-104-29-28-102-25-24-100-5)74(95)83-50(3)63(90)36-51-16-18-52(19-17-51)43-108-78(97)87(4)42-53-12-10-11-13-58(53)73(94)85-77-84-71-68(75(96)86-77)82-48-88(71)76-70-69(92)65(112-76)46-110-115(98,117)113-64-41-57(111-66-20-21-79-47-81-66)38-55(64)44-109-116(99,118)114-70/h10-13,16-21,47-50,54-55,57,59-62,64-65,69-70,76,92H,8-9,14-15,22-46H2,1-5H3,(H,80,93)(H,83,95)(H,98,117)(H,99,118)(H2,84,85,86,94,96)/t50-,54+,55+,57+,59-,60+,61-,62?,64-,65+,69+,70+,76+,115?,116?/m0/s1. The van der Waals surface area contributed by atoms with Gasteiger partial charge in [-0.1, -0.05) is 68.6 Å². The Morgan fingerprint density at radius 1 is 0.780 bits per heavy atom. The minimum atomic E-state index is -4.39. The summed E-state index contributed by atoms with van der Waals surface area (Å²) < 4.78 is 100. The Morgan fingerprint density at radius 2 is 1.43 bits per heavy atom. The van der Waals surface area contributed by atoms with E-state index in [4.69, 9.17) is 82.0 Å². The molecule has 2 saturated heterocycles. The van der Waals surface area contributed by atoms with Gasteiger partial charge in [-0.15, -0.1) is 11.8 Å². The Kier molecular flexibility index (Phi) is 36.5. The van der Waals surface area contributed by atoms with Gasteiger partial charge in [-0.2, -0.15) is 4.98 Å². The van der Waals surface area contributed by atoms with Gasteiger partial charge in [0.2, 0.25) is 23.6 Å². The summed E-state index contributed by atoms with van der Waals surface area (Å²) in [4.78, 5) is 142. The number of benzene rings is 2. The van der Waals surface area contributed by atoms with E-state index in [2.05, 4.69) is 65.0 Å². The van der Waals surface area contributed by atoms with Crippen molar-refractivity contribution in [1.82, 2.24) is 45.0 Å². The van der Waals surface area contributed by atoms with Crippen molar-refractivity contribution in [1.29, 1.82) is 0 Å². The summed E-state index contributed by atoms with van der Waals surface area (Å²) >= 11 is 9.65. The molecule has 2 saturated carbocycles. The van der Waals surface area contributed by atoms with Crippen LogP contribution in [-0.2, 0) is 125 Å². The zero-order valence-electron chi connectivity index (χ0n) is 66.6. The van der Waals surface area contributed by atoms with E-state index in [1.807, 2.05) is 0 Å². The molecule has 3 unspecified atom stereocenters. The van der Waals surface area contributed by atoms with E-state index in [-0.39, 0.29) is 132 Å². The highest BCUT2D eigenvalue weighted by Crippen LogP contribution is 2.59. The van der Waals surface area contributed by atoms with Gasteiger partial charge in [-0.25, -0.2) is 24.3 Å². The first kappa shape index (κ1) is 92.7. The second-order valence-electron chi connectivity index (χ2n) is 29.5. The number of esters is 1. The van der Waals surface area contributed by atoms with Gasteiger partial charge in [0, 0.05) is 95.4 Å². The zero-order chi connectivity index (χ0) is 84.1. The van der Waals surface area contributed by atoms with Crippen LogP contribution in [0.4, 0.5) is 10.7 Å². The van der Waals surface area contributed by atoms with Gasteiger partial charge in [-0.3, -0.25) is 53.0 Å². The number of hydrogen-bond donors (Lipinski definition) is 7. The van der Waals surface area contributed by atoms with Crippen molar-refractivity contribution in [2.24, 2.45) is 41.4 Å². The number of rotatable bonds is 45. The molecule has 36 nitrogen and oxygen atoms in total. The fraction of sp³-hybridized carbons (Fsp3) is 0.615. The van der Waals surface area contributed by atoms with Crippen molar-refractivity contribution in [2.45, 2.75) is 141 Å².